The number of para-hydroxylation sites is 1. The van der Waals surface area contributed by atoms with Crippen molar-refractivity contribution in [3.63, 3.8) is 0 Å². The van der Waals surface area contributed by atoms with E-state index < -0.39 is 17.6 Å². The number of amides is 1. The standard InChI is InChI=1S/C19H16ClF3N4O/c1-12-24-17(25-27(12)16-10-6-5-9-15(16)20)18(28)26(2)11-13-7-3-4-8-14(13)19(21,22)23/h3-10H,11H2,1-2H3. The van der Waals surface area contributed by atoms with Gasteiger partial charge in [0.05, 0.1) is 16.3 Å². The number of benzene rings is 2. The molecule has 1 heterocycles. The van der Waals surface area contributed by atoms with Gasteiger partial charge >= 0.3 is 6.18 Å². The lowest BCUT2D eigenvalue weighted by Crippen LogP contribution is -2.28. The first-order chi connectivity index (χ1) is 13.2. The Morgan fingerprint density at radius 2 is 1.79 bits per heavy atom. The molecular formula is C19H16ClF3N4O. The van der Waals surface area contributed by atoms with Crippen molar-refractivity contribution in [2.75, 3.05) is 7.05 Å². The van der Waals surface area contributed by atoms with E-state index in [1.54, 1.807) is 31.2 Å². The van der Waals surface area contributed by atoms with Gasteiger partial charge in [0.2, 0.25) is 5.82 Å². The zero-order valence-corrected chi connectivity index (χ0v) is 15.8. The van der Waals surface area contributed by atoms with Crippen LogP contribution in [-0.4, -0.2) is 32.6 Å². The maximum absolute atomic E-state index is 13.2. The maximum Gasteiger partial charge on any atom is 0.416 e. The second-order valence-electron chi connectivity index (χ2n) is 6.16. The first kappa shape index (κ1) is 19.9. The highest BCUT2D eigenvalue weighted by Gasteiger charge is 2.33. The van der Waals surface area contributed by atoms with Crippen LogP contribution in [-0.2, 0) is 12.7 Å². The van der Waals surface area contributed by atoms with E-state index in [4.69, 9.17) is 11.6 Å². The van der Waals surface area contributed by atoms with Crippen molar-refractivity contribution in [1.29, 1.82) is 0 Å². The normalized spacial score (nSPS) is 11.5. The van der Waals surface area contributed by atoms with Gasteiger partial charge in [-0.2, -0.15) is 13.2 Å². The average Bonchev–Trinajstić information content (AvgIpc) is 3.02. The minimum Gasteiger partial charge on any atom is -0.335 e. The summed E-state index contributed by atoms with van der Waals surface area (Å²) in [7, 11) is 1.40. The van der Waals surface area contributed by atoms with Crippen molar-refractivity contribution in [3.05, 3.63) is 76.3 Å². The topological polar surface area (TPSA) is 51.0 Å². The molecule has 5 nitrogen and oxygen atoms in total. The fraction of sp³-hybridized carbons (Fsp3) is 0.211. The summed E-state index contributed by atoms with van der Waals surface area (Å²) in [5.41, 5.74) is -0.230. The summed E-state index contributed by atoms with van der Waals surface area (Å²) in [4.78, 5) is 18.0. The van der Waals surface area contributed by atoms with Crippen LogP contribution in [0.3, 0.4) is 0 Å². The van der Waals surface area contributed by atoms with Crippen molar-refractivity contribution in [2.24, 2.45) is 0 Å². The molecular weight excluding hydrogens is 393 g/mol. The average molecular weight is 409 g/mol. The number of halogens is 4. The number of aromatic nitrogens is 3. The Bertz CT molecular complexity index is 1020. The van der Waals surface area contributed by atoms with Crippen LogP contribution in [0.5, 0.6) is 0 Å². The van der Waals surface area contributed by atoms with Crippen LogP contribution >= 0.6 is 11.6 Å². The molecule has 0 spiro atoms. The van der Waals surface area contributed by atoms with Crippen molar-refractivity contribution < 1.29 is 18.0 Å². The van der Waals surface area contributed by atoms with Crippen LogP contribution in [0.15, 0.2) is 48.5 Å². The predicted octanol–water partition coefficient (Wildman–Crippen LogP) is 4.52. The number of rotatable bonds is 4. The predicted molar refractivity (Wildman–Crippen MR) is 98.3 cm³/mol. The second kappa shape index (κ2) is 7.63. The third-order valence-electron chi connectivity index (χ3n) is 4.12. The monoisotopic (exact) mass is 408 g/mol. The van der Waals surface area contributed by atoms with E-state index >= 15 is 0 Å². The molecule has 28 heavy (non-hydrogen) atoms. The third kappa shape index (κ3) is 4.01. The second-order valence-corrected chi connectivity index (χ2v) is 6.57. The van der Waals surface area contributed by atoms with Gasteiger partial charge < -0.3 is 4.90 Å². The van der Waals surface area contributed by atoms with E-state index in [-0.39, 0.29) is 17.9 Å². The highest BCUT2D eigenvalue weighted by Crippen LogP contribution is 2.32. The molecule has 0 bridgehead atoms. The largest absolute Gasteiger partial charge is 0.416 e. The maximum atomic E-state index is 13.2. The smallest absolute Gasteiger partial charge is 0.335 e. The molecule has 0 aliphatic carbocycles. The molecule has 1 amide bonds. The van der Waals surface area contributed by atoms with Gasteiger partial charge in [0.15, 0.2) is 0 Å². The number of hydrogen-bond acceptors (Lipinski definition) is 3. The van der Waals surface area contributed by atoms with Crippen molar-refractivity contribution in [1.82, 2.24) is 19.7 Å². The molecule has 0 saturated carbocycles. The molecule has 0 N–H and O–H groups in total. The molecule has 146 valence electrons. The Morgan fingerprint density at radius 1 is 1.14 bits per heavy atom. The summed E-state index contributed by atoms with van der Waals surface area (Å²) < 4.78 is 40.9. The number of hydrogen-bond donors (Lipinski definition) is 0. The van der Waals surface area contributed by atoms with Gasteiger partial charge in [-0.25, -0.2) is 9.67 Å². The van der Waals surface area contributed by atoms with Crippen LogP contribution in [0.2, 0.25) is 5.02 Å². The van der Waals surface area contributed by atoms with E-state index in [9.17, 15) is 18.0 Å². The van der Waals surface area contributed by atoms with Crippen LogP contribution in [0.25, 0.3) is 5.69 Å². The zero-order chi connectivity index (χ0) is 20.5. The molecule has 9 heteroatoms. The number of carbonyl (C=O) groups is 1. The Kier molecular flexibility index (Phi) is 5.42. The number of alkyl halides is 3. The van der Waals surface area contributed by atoms with E-state index in [1.165, 1.54) is 29.9 Å². The molecule has 1 aromatic heterocycles. The van der Waals surface area contributed by atoms with Gasteiger partial charge in [0.25, 0.3) is 5.91 Å². The van der Waals surface area contributed by atoms with Gasteiger partial charge in [-0.3, -0.25) is 4.79 Å². The number of nitrogens with zero attached hydrogens (tertiary/aromatic N) is 4. The Hall–Kier alpha value is -2.87. The first-order valence-corrected chi connectivity index (χ1v) is 8.65. The minimum atomic E-state index is -4.50. The Morgan fingerprint density at radius 3 is 2.46 bits per heavy atom. The molecule has 0 aliphatic rings. The van der Waals surface area contributed by atoms with E-state index in [1.807, 2.05) is 0 Å². The summed E-state index contributed by atoms with van der Waals surface area (Å²) in [6.07, 6.45) is -4.50. The Labute approximate surface area is 164 Å². The quantitative estimate of drug-likeness (QED) is 0.637. The van der Waals surface area contributed by atoms with E-state index in [0.29, 0.717) is 16.5 Å². The van der Waals surface area contributed by atoms with Gasteiger partial charge in [-0.15, -0.1) is 5.10 Å². The van der Waals surface area contributed by atoms with Crippen molar-refractivity contribution in [3.8, 4) is 5.69 Å². The van der Waals surface area contributed by atoms with Gasteiger partial charge in [0, 0.05) is 13.6 Å². The molecule has 0 saturated heterocycles. The third-order valence-corrected chi connectivity index (χ3v) is 4.44. The minimum absolute atomic E-state index is 0.00638. The molecule has 0 aliphatic heterocycles. The van der Waals surface area contributed by atoms with Crippen LogP contribution in [0.1, 0.15) is 27.6 Å². The summed E-state index contributed by atoms with van der Waals surface area (Å²) in [5.74, 6) is -0.282. The lowest BCUT2D eigenvalue weighted by atomic mass is 10.1. The summed E-state index contributed by atoms with van der Waals surface area (Å²) in [5, 5.41) is 4.61. The SMILES string of the molecule is Cc1nc(C(=O)N(C)Cc2ccccc2C(F)(F)F)nn1-c1ccccc1Cl. The highest BCUT2D eigenvalue weighted by molar-refractivity contribution is 6.32. The molecule has 2 aromatic carbocycles. The van der Waals surface area contributed by atoms with Gasteiger partial charge in [-0.05, 0) is 30.7 Å². The Balaban J connectivity index is 1.86. The number of aryl methyl sites for hydroxylation is 1. The molecule has 0 fully saturated rings. The van der Waals surface area contributed by atoms with E-state index in [0.717, 1.165) is 11.0 Å². The van der Waals surface area contributed by atoms with E-state index in [2.05, 4.69) is 10.1 Å². The van der Waals surface area contributed by atoms with Gasteiger partial charge in [-0.1, -0.05) is 41.9 Å². The highest BCUT2D eigenvalue weighted by atomic mass is 35.5. The summed E-state index contributed by atoms with van der Waals surface area (Å²) >= 11 is 6.16. The van der Waals surface area contributed by atoms with Crippen LogP contribution in [0.4, 0.5) is 13.2 Å². The summed E-state index contributed by atoms with van der Waals surface area (Å²) in [6.45, 7) is 1.43. The van der Waals surface area contributed by atoms with Gasteiger partial charge in [0.1, 0.15) is 5.82 Å². The fourth-order valence-electron chi connectivity index (χ4n) is 2.77. The molecule has 3 aromatic rings. The molecule has 0 unspecified atom stereocenters. The zero-order valence-electron chi connectivity index (χ0n) is 15.0. The van der Waals surface area contributed by atoms with Crippen molar-refractivity contribution >= 4 is 17.5 Å². The fourth-order valence-corrected chi connectivity index (χ4v) is 2.98. The molecule has 3 rings (SSSR count). The molecule has 0 atom stereocenters. The van der Waals surface area contributed by atoms with Crippen LogP contribution in [0, 0.1) is 6.92 Å². The molecule has 0 radical (unpaired) electrons. The summed E-state index contributed by atoms with van der Waals surface area (Å²) in [6, 6.07) is 12.1. The van der Waals surface area contributed by atoms with Crippen LogP contribution < -0.4 is 0 Å². The van der Waals surface area contributed by atoms with Crippen molar-refractivity contribution in [2.45, 2.75) is 19.6 Å². The lowest BCUT2D eigenvalue weighted by molar-refractivity contribution is -0.138. The first-order valence-electron chi connectivity index (χ1n) is 8.27. The number of carbonyl (C=O) groups excluding carboxylic acids is 1. The lowest BCUT2D eigenvalue weighted by Gasteiger charge is -2.19.